The second-order valence-electron chi connectivity index (χ2n) is 7.83. The maximum absolute atomic E-state index is 13.2. The molecule has 1 aliphatic heterocycles. The van der Waals surface area contributed by atoms with Gasteiger partial charge in [0.05, 0.1) is 11.7 Å². The lowest BCUT2D eigenvalue weighted by atomic mass is 9.93. The third-order valence-electron chi connectivity index (χ3n) is 5.73. The fraction of sp³-hybridized carbons (Fsp3) is 0.333. The van der Waals surface area contributed by atoms with Crippen molar-refractivity contribution >= 4 is 28.8 Å². The van der Waals surface area contributed by atoms with Crippen LogP contribution in [0.25, 0.3) is 0 Å². The van der Waals surface area contributed by atoms with Crippen molar-refractivity contribution in [2.24, 2.45) is 5.92 Å². The minimum atomic E-state index is -0.278. The van der Waals surface area contributed by atoms with Crippen LogP contribution in [-0.2, 0) is 11.3 Å². The van der Waals surface area contributed by atoms with Crippen LogP contribution < -0.4 is 5.32 Å². The van der Waals surface area contributed by atoms with E-state index in [1.807, 2.05) is 43.3 Å². The summed E-state index contributed by atoms with van der Waals surface area (Å²) in [5.41, 5.74) is 2.93. The number of carbonyl (C=O) groups excluding carboxylic acids is 1. The van der Waals surface area contributed by atoms with E-state index in [0.717, 1.165) is 49.3 Å². The number of amides is 1. The number of thiophene rings is 1. The number of aryl methyl sites for hydroxylation is 1. The Hall–Kier alpha value is -2.21. The largest absolute Gasteiger partial charge is 0.343 e. The van der Waals surface area contributed by atoms with Crippen LogP contribution >= 0.6 is 22.9 Å². The number of carbonyl (C=O) groups is 1. The van der Waals surface area contributed by atoms with E-state index >= 15 is 0 Å². The first-order valence-corrected chi connectivity index (χ1v) is 11.6. The molecule has 4 nitrogen and oxygen atoms in total. The van der Waals surface area contributed by atoms with Gasteiger partial charge in [0.25, 0.3) is 0 Å². The Bertz CT molecular complexity index is 966. The van der Waals surface area contributed by atoms with Crippen molar-refractivity contribution in [2.45, 2.75) is 32.4 Å². The minimum Gasteiger partial charge on any atom is -0.343 e. The van der Waals surface area contributed by atoms with E-state index in [0.29, 0.717) is 5.02 Å². The highest BCUT2D eigenvalue weighted by molar-refractivity contribution is 7.09. The number of halogens is 1. The number of piperidine rings is 1. The lowest BCUT2D eigenvalue weighted by Gasteiger charge is -2.32. The summed E-state index contributed by atoms with van der Waals surface area (Å²) in [7, 11) is 0. The Kier molecular flexibility index (Phi) is 6.82. The minimum absolute atomic E-state index is 0.0309. The van der Waals surface area contributed by atoms with Crippen LogP contribution in [0.2, 0.25) is 5.02 Å². The summed E-state index contributed by atoms with van der Waals surface area (Å²) in [6, 6.07) is 15.6. The van der Waals surface area contributed by atoms with Gasteiger partial charge >= 0.3 is 0 Å². The normalized spacial score (nSPS) is 16.3. The molecule has 0 spiro atoms. The molecule has 1 atom stereocenters. The Labute approximate surface area is 186 Å². The zero-order chi connectivity index (χ0) is 20.9. The van der Waals surface area contributed by atoms with Crippen LogP contribution in [0.15, 0.2) is 60.1 Å². The van der Waals surface area contributed by atoms with Gasteiger partial charge in [0.2, 0.25) is 5.91 Å². The Morgan fingerprint density at radius 1 is 1.20 bits per heavy atom. The summed E-state index contributed by atoms with van der Waals surface area (Å²) in [5, 5.41) is 6.08. The molecule has 3 aromatic rings. The maximum Gasteiger partial charge on any atom is 0.224 e. The Balaban J connectivity index is 1.44. The first-order valence-electron chi connectivity index (χ1n) is 10.3. The highest BCUT2D eigenvalue weighted by Crippen LogP contribution is 2.27. The highest BCUT2D eigenvalue weighted by atomic mass is 35.5. The van der Waals surface area contributed by atoms with Crippen molar-refractivity contribution < 1.29 is 4.79 Å². The molecule has 156 valence electrons. The molecule has 1 aliphatic rings. The van der Waals surface area contributed by atoms with Crippen molar-refractivity contribution in [3.63, 3.8) is 0 Å². The van der Waals surface area contributed by atoms with Crippen LogP contribution in [0.1, 0.15) is 40.6 Å². The number of hydrogen-bond acceptors (Lipinski definition) is 4. The zero-order valence-electron chi connectivity index (χ0n) is 17.1. The van der Waals surface area contributed by atoms with Crippen molar-refractivity contribution in [3.8, 4) is 0 Å². The molecule has 0 aliphatic carbocycles. The topological polar surface area (TPSA) is 45.2 Å². The molecular weight excluding hydrogens is 414 g/mol. The lowest BCUT2D eigenvalue weighted by Crippen LogP contribution is -2.41. The molecule has 1 saturated heterocycles. The average Bonchev–Trinajstić information content (AvgIpc) is 3.27. The van der Waals surface area contributed by atoms with Gasteiger partial charge in [0.1, 0.15) is 0 Å². The van der Waals surface area contributed by atoms with Gasteiger partial charge in [0.15, 0.2) is 0 Å². The smallest absolute Gasteiger partial charge is 0.224 e. The molecule has 2 aromatic heterocycles. The van der Waals surface area contributed by atoms with Gasteiger partial charge in [-0.15, -0.1) is 11.3 Å². The molecule has 1 fully saturated rings. The number of aromatic nitrogens is 1. The predicted molar refractivity (Wildman–Crippen MR) is 123 cm³/mol. The zero-order valence-corrected chi connectivity index (χ0v) is 18.6. The number of rotatable bonds is 6. The molecule has 1 aromatic carbocycles. The monoisotopic (exact) mass is 439 g/mol. The molecule has 0 bridgehead atoms. The maximum atomic E-state index is 13.2. The third-order valence-corrected chi connectivity index (χ3v) is 6.84. The second kappa shape index (κ2) is 9.73. The summed E-state index contributed by atoms with van der Waals surface area (Å²) < 4.78 is 0. The van der Waals surface area contributed by atoms with Crippen molar-refractivity contribution in [1.29, 1.82) is 0 Å². The number of benzene rings is 1. The number of hydrogen-bond donors (Lipinski definition) is 1. The number of pyridine rings is 1. The van der Waals surface area contributed by atoms with Gasteiger partial charge in [0, 0.05) is 28.6 Å². The summed E-state index contributed by atoms with van der Waals surface area (Å²) in [6.07, 6.45) is 3.54. The Morgan fingerprint density at radius 3 is 2.63 bits per heavy atom. The van der Waals surface area contributed by atoms with Crippen molar-refractivity contribution in [2.75, 3.05) is 13.1 Å². The van der Waals surface area contributed by atoms with Gasteiger partial charge < -0.3 is 5.32 Å². The Morgan fingerprint density at radius 2 is 1.97 bits per heavy atom. The number of nitrogens with zero attached hydrogens (tertiary/aromatic N) is 2. The quantitative estimate of drug-likeness (QED) is 0.572. The van der Waals surface area contributed by atoms with Crippen LogP contribution in [0.3, 0.4) is 0 Å². The van der Waals surface area contributed by atoms with Gasteiger partial charge in [-0.25, -0.2) is 0 Å². The van der Waals surface area contributed by atoms with Gasteiger partial charge in [-0.05, 0) is 73.6 Å². The van der Waals surface area contributed by atoms with E-state index in [4.69, 9.17) is 11.6 Å². The summed E-state index contributed by atoms with van der Waals surface area (Å²) >= 11 is 7.87. The molecule has 1 unspecified atom stereocenters. The molecule has 6 heteroatoms. The molecule has 3 heterocycles. The summed E-state index contributed by atoms with van der Waals surface area (Å²) in [6.45, 7) is 4.90. The first-order chi connectivity index (χ1) is 14.6. The van der Waals surface area contributed by atoms with Crippen LogP contribution in [-0.4, -0.2) is 28.9 Å². The number of nitrogens with one attached hydrogen (secondary N) is 1. The van der Waals surface area contributed by atoms with E-state index in [1.165, 1.54) is 4.88 Å². The van der Waals surface area contributed by atoms with Crippen LogP contribution in [0.4, 0.5) is 0 Å². The average molecular weight is 440 g/mol. The first kappa shape index (κ1) is 21.0. The summed E-state index contributed by atoms with van der Waals surface area (Å²) in [5.74, 6) is 0.138. The molecule has 0 radical (unpaired) electrons. The molecule has 0 saturated carbocycles. The fourth-order valence-electron chi connectivity index (χ4n) is 4.00. The summed E-state index contributed by atoms with van der Waals surface area (Å²) in [4.78, 5) is 21.6. The fourth-order valence-corrected chi connectivity index (χ4v) is 4.87. The lowest BCUT2D eigenvalue weighted by molar-refractivity contribution is -0.127. The molecule has 1 N–H and O–H groups in total. The van der Waals surface area contributed by atoms with Crippen molar-refractivity contribution in [1.82, 2.24) is 15.2 Å². The third kappa shape index (κ3) is 5.09. The van der Waals surface area contributed by atoms with E-state index in [9.17, 15) is 4.79 Å². The number of likely N-dealkylation sites (tertiary alicyclic amines) is 1. The van der Waals surface area contributed by atoms with Gasteiger partial charge in [-0.1, -0.05) is 35.9 Å². The molecular formula is C24H26ClN3OS. The predicted octanol–water partition coefficient (Wildman–Crippen LogP) is 5.22. The van der Waals surface area contributed by atoms with E-state index < -0.39 is 0 Å². The highest BCUT2D eigenvalue weighted by Gasteiger charge is 2.28. The molecule has 4 rings (SSSR count). The SMILES string of the molecule is Cc1cccnc1C(NC(=O)C1CCN(Cc2cccs2)CC1)c1ccc(Cl)cc1. The van der Waals surface area contributed by atoms with E-state index in [2.05, 4.69) is 32.7 Å². The standard InChI is InChI=1S/C24H26ClN3OS/c1-17-4-2-12-26-22(17)23(18-6-8-20(25)9-7-18)27-24(29)19-10-13-28(14-11-19)16-21-5-3-15-30-21/h2-9,12,15,19,23H,10-11,13-14,16H2,1H3,(H,27,29). The van der Waals surface area contributed by atoms with E-state index in [1.54, 1.807) is 17.5 Å². The van der Waals surface area contributed by atoms with E-state index in [-0.39, 0.29) is 17.9 Å². The van der Waals surface area contributed by atoms with Gasteiger partial charge in [-0.3, -0.25) is 14.7 Å². The molecule has 30 heavy (non-hydrogen) atoms. The van der Waals surface area contributed by atoms with Crippen molar-refractivity contribution in [3.05, 3.63) is 86.8 Å². The van der Waals surface area contributed by atoms with Crippen LogP contribution in [0.5, 0.6) is 0 Å². The molecule has 1 amide bonds. The second-order valence-corrected chi connectivity index (χ2v) is 9.30. The van der Waals surface area contributed by atoms with Crippen LogP contribution in [0, 0.1) is 12.8 Å². The van der Waals surface area contributed by atoms with Gasteiger partial charge in [-0.2, -0.15) is 0 Å².